The number of carbonyl (C=O) groups excluding carboxylic acids is 2. The Morgan fingerprint density at radius 2 is 2.09 bits per heavy atom. The van der Waals surface area contributed by atoms with E-state index in [1.807, 2.05) is 6.92 Å². The summed E-state index contributed by atoms with van der Waals surface area (Å²) in [5, 5.41) is 12.6. The molecule has 0 spiro atoms. The van der Waals surface area contributed by atoms with Gasteiger partial charge in [0.05, 0.1) is 6.54 Å². The molecule has 2 rings (SSSR count). The third kappa shape index (κ3) is 3.79. The van der Waals surface area contributed by atoms with Crippen LogP contribution in [0.4, 0.5) is 9.18 Å². The standard InChI is InChI=1S/C16H21FN2O4/c1-3-8-16(2)14(21)19(15(22)18-16)9-11(20)10-23-13-7-5-4-6-12(13)17/h4-7,11,20H,3,8-10H2,1-2H3,(H,18,22). The predicted octanol–water partition coefficient (Wildman–Crippen LogP) is 1.68. The van der Waals surface area contributed by atoms with Crippen LogP contribution in [0.2, 0.25) is 0 Å². The van der Waals surface area contributed by atoms with Crippen molar-refractivity contribution >= 4 is 11.9 Å². The van der Waals surface area contributed by atoms with E-state index in [0.717, 1.165) is 11.3 Å². The van der Waals surface area contributed by atoms with Crippen molar-refractivity contribution in [1.82, 2.24) is 10.2 Å². The van der Waals surface area contributed by atoms with Crippen LogP contribution in [0, 0.1) is 5.82 Å². The SMILES string of the molecule is CCCC1(C)NC(=O)N(CC(O)COc2ccccc2F)C1=O. The Morgan fingerprint density at radius 3 is 2.74 bits per heavy atom. The first-order valence-electron chi connectivity index (χ1n) is 7.57. The van der Waals surface area contributed by atoms with Gasteiger partial charge < -0.3 is 15.2 Å². The van der Waals surface area contributed by atoms with E-state index in [1.54, 1.807) is 13.0 Å². The van der Waals surface area contributed by atoms with E-state index < -0.39 is 23.5 Å². The lowest BCUT2D eigenvalue weighted by Gasteiger charge is -2.22. The Hall–Kier alpha value is -2.15. The van der Waals surface area contributed by atoms with Crippen LogP contribution in [0.5, 0.6) is 5.75 Å². The first kappa shape index (κ1) is 17.2. The predicted molar refractivity (Wildman–Crippen MR) is 81.5 cm³/mol. The number of nitrogens with one attached hydrogen (secondary N) is 1. The quantitative estimate of drug-likeness (QED) is 0.748. The lowest BCUT2D eigenvalue weighted by Crippen LogP contribution is -2.44. The number of benzene rings is 1. The average Bonchev–Trinajstić information content (AvgIpc) is 2.70. The number of urea groups is 1. The van der Waals surface area contributed by atoms with Gasteiger partial charge in [-0.05, 0) is 25.5 Å². The molecule has 126 valence electrons. The lowest BCUT2D eigenvalue weighted by molar-refractivity contribution is -0.132. The number of aliphatic hydroxyl groups excluding tert-OH is 1. The number of amides is 3. The third-order valence-electron chi connectivity index (χ3n) is 3.76. The summed E-state index contributed by atoms with van der Waals surface area (Å²) in [5.41, 5.74) is -0.933. The summed E-state index contributed by atoms with van der Waals surface area (Å²) in [6, 6.07) is 5.29. The molecule has 1 aliphatic heterocycles. The van der Waals surface area contributed by atoms with Crippen molar-refractivity contribution in [2.24, 2.45) is 0 Å². The van der Waals surface area contributed by atoms with Gasteiger partial charge in [0.2, 0.25) is 0 Å². The van der Waals surface area contributed by atoms with Crippen LogP contribution in [0.3, 0.4) is 0 Å². The van der Waals surface area contributed by atoms with Crippen LogP contribution < -0.4 is 10.1 Å². The van der Waals surface area contributed by atoms with Crippen LogP contribution in [0.1, 0.15) is 26.7 Å². The van der Waals surface area contributed by atoms with E-state index in [-0.39, 0.29) is 24.8 Å². The van der Waals surface area contributed by atoms with Gasteiger partial charge in [-0.3, -0.25) is 9.69 Å². The van der Waals surface area contributed by atoms with Gasteiger partial charge in [-0.25, -0.2) is 9.18 Å². The minimum absolute atomic E-state index is 0.0135. The van der Waals surface area contributed by atoms with Gasteiger partial charge in [-0.1, -0.05) is 25.5 Å². The molecule has 0 bridgehead atoms. The molecule has 0 aromatic heterocycles. The average molecular weight is 324 g/mol. The van der Waals surface area contributed by atoms with E-state index in [1.165, 1.54) is 18.2 Å². The fraction of sp³-hybridized carbons (Fsp3) is 0.500. The first-order chi connectivity index (χ1) is 10.9. The molecule has 1 saturated heterocycles. The minimum Gasteiger partial charge on any atom is -0.488 e. The Bertz CT molecular complexity index is 595. The molecule has 0 radical (unpaired) electrons. The van der Waals surface area contributed by atoms with Crippen molar-refractivity contribution in [3.05, 3.63) is 30.1 Å². The molecule has 2 N–H and O–H groups in total. The number of aliphatic hydroxyl groups is 1. The highest BCUT2D eigenvalue weighted by atomic mass is 19.1. The molecule has 1 aromatic rings. The number of ether oxygens (including phenoxy) is 1. The summed E-state index contributed by atoms with van der Waals surface area (Å²) in [6.45, 7) is 3.17. The Morgan fingerprint density at radius 1 is 1.39 bits per heavy atom. The number of rotatable bonds is 7. The zero-order chi connectivity index (χ0) is 17.0. The van der Waals surface area contributed by atoms with Crippen LogP contribution >= 0.6 is 0 Å². The highest BCUT2D eigenvalue weighted by molar-refractivity contribution is 6.06. The van der Waals surface area contributed by atoms with Gasteiger partial charge in [0.25, 0.3) is 5.91 Å². The summed E-state index contributed by atoms with van der Waals surface area (Å²) < 4.78 is 18.6. The molecule has 3 amide bonds. The fourth-order valence-corrected chi connectivity index (χ4v) is 2.59. The van der Waals surface area contributed by atoms with E-state index in [0.29, 0.717) is 6.42 Å². The Labute approximate surface area is 134 Å². The van der Waals surface area contributed by atoms with E-state index >= 15 is 0 Å². The van der Waals surface area contributed by atoms with Crippen molar-refractivity contribution in [1.29, 1.82) is 0 Å². The molecule has 0 saturated carbocycles. The van der Waals surface area contributed by atoms with Crippen molar-refractivity contribution < 1.29 is 23.8 Å². The number of imide groups is 1. The molecule has 2 atom stereocenters. The van der Waals surface area contributed by atoms with E-state index in [2.05, 4.69) is 5.32 Å². The van der Waals surface area contributed by atoms with E-state index in [9.17, 15) is 19.1 Å². The number of carbonyl (C=O) groups is 2. The molecular weight excluding hydrogens is 303 g/mol. The van der Waals surface area contributed by atoms with Crippen LogP contribution in [0.25, 0.3) is 0 Å². The maximum atomic E-state index is 13.4. The van der Waals surface area contributed by atoms with Gasteiger partial charge in [-0.15, -0.1) is 0 Å². The van der Waals surface area contributed by atoms with Crippen molar-refractivity contribution in [3.8, 4) is 5.75 Å². The summed E-state index contributed by atoms with van der Waals surface area (Å²) >= 11 is 0. The summed E-state index contributed by atoms with van der Waals surface area (Å²) in [7, 11) is 0. The summed E-state index contributed by atoms with van der Waals surface area (Å²) in [5.74, 6) is -0.890. The second kappa shape index (κ2) is 6.95. The number of hydrogen-bond donors (Lipinski definition) is 2. The smallest absolute Gasteiger partial charge is 0.325 e. The van der Waals surface area contributed by atoms with Crippen molar-refractivity contribution in [2.45, 2.75) is 38.3 Å². The van der Waals surface area contributed by atoms with Gasteiger partial charge in [0.15, 0.2) is 11.6 Å². The van der Waals surface area contributed by atoms with Crippen LogP contribution in [0.15, 0.2) is 24.3 Å². The van der Waals surface area contributed by atoms with E-state index in [4.69, 9.17) is 4.74 Å². The lowest BCUT2D eigenvalue weighted by atomic mass is 9.96. The Balaban J connectivity index is 1.92. The van der Waals surface area contributed by atoms with Crippen LogP contribution in [-0.2, 0) is 4.79 Å². The number of nitrogens with zero attached hydrogens (tertiary/aromatic N) is 1. The van der Waals surface area contributed by atoms with Gasteiger partial charge >= 0.3 is 6.03 Å². The molecule has 1 aromatic carbocycles. The summed E-state index contributed by atoms with van der Waals surface area (Å²) in [6.07, 6.45) is 0.166. The molecule has 1 aliphatic rings. The summed E-state index contributed by atoms with van der Waals surface area (Å²) in [4.78, 5) is 25.2. The minimum atomic E-state index is -1.10. The van der Waals surface area contributed by atoms with Gasteiger partial charge in [0.1, 0.15) is 18.2 Å². The molecular formula is C16H21FN2O4. The monoisotopic (exact) mass is 324 g/mol. The molecule has 0 aliphatic carbocycles. The van der Waals surface area contributed by atoms with Crippen molar-refractivity contribution in [3.63, 3.8) is 0 Å². The molecule has 2 unspecified atom stereocenters. The number of β-amino-alcohol motifs (C(OH)–C–C–N with tert-alkyl or cyclic N) is 1. The molecule has 1 heterocycles. The number of para-hydroxylation sites is 1. The first-order valence-corrected chi connectivity index (χ1v) is 7.57. The topological polar surface area (TPSA) is 78.9 Å². The molecule has 23 heavy (non-hydrogen) atoms. The zero-order valence-corrected chi connectivity index (χ0v) is 13.2. The maximum absolute atomic E-state index is 13.4. The van der Waals surface area contributed by atoms with Gasteiger partial charge in [-0.2, -0.15) is 0 Å². The largest absolute Gasteiger partial charge is 0.488 e. The third-order valence-corrected chi connectivity index (χ3v) is 3.76. The highest BCUT2D eigenvalue weighted by Gasteiger charge is 2.47. The van der Waals surface area contributed by atoms with Crippen LogP contribution in [-0.4, -0.2) is 46.7 Å². The fourth-order valence-electron chi connectivity index (χ4n) is 2.59. The Kier molecular flexibility index (Phi) is 5.20. The van der Waals surface area contributed by atoms with Gasteiger partial charge in [0, 0.05) is 0 Å². The number of hydrogen-bond acceptors (Lipinski definition) is 4. The molecule has 7 heteroatoms. The number of halogens is 1. The normalized spacial score (nSPS) is 22.2. The highest BCUT2D eigenvalue weighted by Crippen LogP contribution is 2.23. The maximum Gasteiger partial charge on any atom is 0.325 e. The second-order valence-corrected chi connectivity index (χ2v) is 5.82. The second-order valence-electron chi connectivity index (χ2n) is 5.82. The zero-order valence-electron chi connectivity index (χ0n) is 13.2. The molecule has 1 fully saturated rings. The van der Waals surface area contributed by atoms with Crippen molar-refractivity contribution in [2.75, 3.05) is 13.2 Å². The molecule has 6 nitrogen and oxygen atoms in total.